The number of fused-ring (bicyclic) bond motifs is 3. The maximum absolute atomic E-state index is 13.9. The zero-order valence-electron chi connectivity index (χ0n) is 19.9. The van der Waals surface area contributed by atoms with Crippen LogP contribution in [0.4, 0.5) is 10.1 Å². The summed E-state index contributed by atoms with van der Waals surface area (Å²) in [4.78, 5) is 56.2. The minimum atomic E-state index is -2.17. The highest BCUT2D eigenvalue weighted by molar-refractivity contribution is 6.37. The number of benzene rings is 3. The van der Waals surface area contributed by atoms with Crippen molar-refractivity contribution in [2.45, 2.75) is 31.5 Å². The fraction of sp³-hybridized carbons (Fsp3) is 0.241. The van der Waals surface area contributed by atoms with E-state index < -0.39 is 52.7 Å². The number of anilines is 1. The molecule has 2 fully saturated rings. The van der Waals surface area contributed by atoms with E-state index in [-0.39, 0.29) is 27.8 Å². The molecule has 3 atom stereocenters. The number of rotatable bonds is 3. The molecule has 0 aromatic heterocycles. The van der Waals surface area contributed by atoms with Gasteiger partial charge in [-0.05, 0) is 35.2 Å². The van der Waals surface area contributed by atoms with Crippen LogP contribution in [0.5, 0.6) is 0 Å². The first-order valence-corrected chi connectivity index (χ1v) is 12.3. The zero-order valence-corrected chi connectivity index (χ0v) is 20.7. The number of ether oxygens (including phenoxy) is 1. The van der Waals surface area contributed by atoms with E-state index >= 15 is 0 Å². The lowest BCUT2D eigenvalue weighted by Crippen LogP contribution is -2.51. The van der Waals surface area contributed by atoms with Gasteiger partial charge in [0.05, 0.1) is 28.6 Å². The summed E-state index contributed by atoms with van der Waals surface area (Å²) in [6.07, 6.45) is -1.02. The van der Waals surface area contributed by atoms with Crippen LogP contribution >= 0.6 is 11.6 Å². The number of imide groups is 1. The molecule has 0 radical (unpaired) electrons. The Morgan fingerprint density at radius 3 is 2.08 bits per heavy atom. The number of nitrogens with zero attached hydrogens (tertiary/aromatic N) is 1. The van der Waals surface area contributed by atoms with Crippen LogP contribution in [0.15, 0.2) is 66.7 Å². The molecule has 6 rings (SSSR count). The average Bonchev–Trinajstić information content (AvgIpc) is 3.46. The Bertz CT molecular complexity index is 1480. The van der Waals surface area contributed by atoms with E-state index in [0.29, 0.717) is 5.56 Å². The molecule has 186 valence electrons. The van der Waals surface area contributed by atoms with Crippen LogP contribution in [0, 0.1) is 17.7 Å². The molecule has 3 unspecified atom stereocenters. The average molecular weight is 518 g/mol. The smallest absolute Gasteiger partial charge is 0.241 e. The number of ketones is 2. The monoisotopic (exact) mass is 517 g/mol. The van der Waals surface area contributed by atoms with Crippen LogP contribution in [-0.4, -0.2) is 29.0 Å². The van der Waals surface area contributed by atoms with Crippen molar-refractivity contribution in [3.63, 3.8) is 0 Å². The molecule has 2 saturated heterocycles. The van der Waals surface area contributed by atoms with Gasteiger partial charge >= 0.3 is 0 Å². The maximum Gasteiger partial charge on any atom is 0.241 e. The third kappa shape index (κ3) is 3.14. The number of amides is 2. The fourth-order valence-corrected chi connectivity index (χ4v) is 5.94. The van der Waals surface area contributed by atoms with Crippen LogP contribution in [0.2, 0.25) is 5.02 Å². The predicted octanol–water partition coefficient (Wildman–Crippen LogP) is 5.30. The highest BCUT2D eigenvalue weighted by atomic mass is 35.5. The maximum atomic E-state index is 13.9. The van der Waals surface area contributed by atoms with E-state index in [1.54, 1.807) is 24.3 Å². The van der Waals surface area contributed by atoms with Crippen molar-refractivity contribution in [2.75, 3.05) is 4.90 Å². The summed E-state index contributed by atoms with van der Waals surface area (Å²) in [5, 5.41) is -0.262. The molecule has 1 spiro atoms. The number of hydrogen-bond donors (Lipinski definition) is 0. The minimum Gasteiger partial charge on any atom is -0.349 e. The van der Waals surface area contributed by atoms with Crippen molar-refractivity contribution in [1.29, 1.82) is 0 Å². The Morgan fingerprint density at radius 1 is 0.892 bits per heavy atom. The van der Waals surface area contributed by atoms with Gasteiger partial charge in [0.1, 0.15) is 5.82 Å². The summed E-state index contributed by atoms with van der Waals surface area (Å²) in [5.41, 5.74) is -0.148. The molecule has 0 N–H and O–H groups in total. The standard InChI is InChI=1S/C29H21ClFNO5/c1-14(2)15-7-9-16(10-8-15)24-22-23(28(36)32(27(22)35)17-11-12-21(31)20(30)13-17)29(37-24)25(33)18-5-3-4-6-19(18)26(29)34/h3-14,22-24H,1-2H3. The summed E-state index contributed by atoms with van der Waals surface area (Å²) in [6, 6.07) is 17.2. The first kappa shape index (κ1) is 23.7. The Kier molecular flexibility index (Phi) is 5.23. The quantitative estimate of drug-likeness (QED) is 0.348. The van der Waals surface area contributed by atoms with Crippen LogP contribution in [0.1, 0.15) is 57.7 Å². The number of halogens is 2. The van der Waals surface area contributed by atoms with Gasteiger partial charge in [0, 0.05) is 11.1 Å². The second-order valence-corrected chi connectivity index (χ2v) is 10.3. The van der Waals surface area contributed by atoms with Crippen molar-refractivity contribution in [1.82, 2.24) is 0 Å². The number of carbonyl (C=O) groups excluding carboxylic acids is 4. The van der Waals surface area contributed by atoms with E-state index in [1.807, 2.05) is 26.0 Å². The molecule has 8 heteroatoms. The second-order valence-electron chi connectivity index (χ2n) is 9.91. The van der Waals surface area contributed by atoms with Gasteiger partial charge in [0.2, 0.25) is 29.0 Å². The summed E-state index contributed by atoms with van der Waals surface area (Å²) in [5.74, 6) is -5.62. The summed E-state index contributed by atoms with van der Waals surface area (Å²) in [7, 11) is 0. The number of Topliss-reactive ketones (excluding diaryl/α,β-unsaturated/α-hetero) is 2. The molecule has 6 nitrogen and oxygen atoms in total. The zero-order chi connectivity index (χ0) is 26.2. The Hall–Kier alpha value is -3.68. The topological polar surface area (TPSA) is 80.8 Å². The van der Waals surface area contributed by atoms with Crippen LogP contribution in [0.3, 0.4) is 0 Å². The third-order valence-corrected chi connectivity index (χ3v) is 7.90. The van der Waals surface area contributed by atoms with Crippen LogP contribution in [-0.2, 0) is 14.3 Å². The Balaban J connectivity index is 1.52. The first-order valence-electron chi connectivity index (χ1n) is 12.0. The molecular weight excluding hydrogens is 497 g/mol. The molecule has 3 aromatic carbocycles. The third-order valence-electron chi connectivity index (χ3n) is 7.61. The van der Waals surface area contributed by atoms with Crippen molar-refractivity contribution >= 4 is 40.7 Å². The van der Waals surface area contributed by atoms with Crippen molar-refractivity contribution in [3.05, 3.63) is 99.8 Å². The summed E-state index contributed by atoms with van der Waals surface area (Å²) >= 11 is 5.94. The van der Waals surface area contributed by atoms with Crippen molar-refractivity contribution in [3.8, 4) is 0 Å². The van der Waals surface area contributed by atoms with Gasteiger partial charge in [-0.3, -0.25) is 19.2 Å². The van der Waals surface area contributed by atoms with Gasteiger partial charge in [0.15, 0.2) is 0 Å². The lowest BCUT2D eigenvalue weighted by molar-refractivity contribution is -0.127. The molecule has 2 aliphatic heterocycles. The van der Waals surface area contributed by atoms with E-state index in [9.17, 15) is 23.6 Å². The van der Waals surface area contributed by atoms with Gasteiger partial charge in [-0.1, -0.05) is 74.0 Å². The number of carbonyl (C=O) groups is 4. The molecule has 2 amide bonds. The van der Waals surface area contributed by atoms with Gasteiger partial charge in [-0.25, -0.2) is 9.29 Å². The molecule has 0 saturated carbocycles. The largest absolute Gasteiger partial charge is 0.349 e. The van der Waals surface area contributed by atoms with E-state index in [0.717, 1.165) is 16.5 Å². The molecule has 3 aromatic rings. The summed E-state index contributed by atoms with van der Waals surface area (Å²) in [6.45, 7) is 4.09. The van der Waals surface area contributed by atoms with Crippen LogP contribution in [0.25, 0.3) is 0 Å². The van der Waals surface area contributed by atoms with Gasteiger partial charge < -0.3 is 4.74 Å². The Morgan fingerprint density at radius 2 is 1.51 bits per heavy atom. The molecule has 0 bridgehead atoms. The molecule has 3 aliphatic rings. The van der Waals surface area contributed by atoms with Gasteiger partial charge in [-0.15, -0.1) is 0 Å². The fourth-order valence-electron chi connectivity index (χ4n) is 5.77. The molecular formula is C29H21ClFNO5. The van der Waals surface area contributed by atoms with E-state index in [2.05, 4.69) is 0 Å². The lowest BCUT2D eigenvalue weighted by Gasteiger charge is -2.27. The van der Waals surface area contributed by atoms with Crippen LogP contribution < -0.4 is 4.90 Å². The number of hydrogen-bond acceptors (Lipinski definition) is 5. The lowest BCUT2D eigenvalue weighted by atomic mass is 9.77. The second kappa shape index (κ2) is 8.16. The first-order chi connectivity index (χ1) is 17.7. The van der Waals surface area contributed by atoms with E-state index in [4.69, 9.17) is 16.3 Å². The van der Waals surface area contributed by atoms with E-state index in [1.165, 1.54) is 24.3 Å². The predicted molar refractivity (Wildman–Crippen MR) is 133 cm³/mol. The van der Waals surface area contributed by atoms with Gasteiger partial charge in [0.25, 0.3) is 0 Å². The Labute approximate surface area is 217 Å². The minimum absolute atomic E-state index is 0.0651. The molecule has 1 aliphatic carbocycles. The van der Waals surface area contributed by atoms with Crippen molar-refractivity contribution < 1.29 is 28.3 Å². The highest BCUT2D eigenvalue weighted by Gasteiger charge is 2.74. The molecule has 2 heterocycles. The van der Waals surface area contributed by atoms with Crippen molar-refractivity contribution in [2.24, 2.45) is 11.8 Å². The normalized spacial score (nSPS) is 23.9. The summed E-state index contributed by atoms with van der Waals surface area (Å²) < 4.78 is 20.1. The van der Waals surface area contributed by atoms with Gasteiger partial charge in [-0.2, -0.15) is 0 Å². The SMILES string of the molecule is CC(C)c1ccc(C2OC3(C(=O)c4ccccc4C3=O)C3C(=O)N(c4ccc(F)c(Cl)c4)C(=O)C23)cc1. The highest BCUT2D eigenvalue weighted by Crippen LogP contribution is 2.57. The molecule has 37 heavy (non-hydrogen) atoms.